The molecule has 2 fully saturated rings. The fourth-order valence-electron chi connectivity index (χ4n) is 3.50. The molecule has 0 aliphatic carbocycles. The summed E-state index contributed by atoms with van der Waals surface area (Å²) in [5.41, 5.74) is 3.41. The lowest BCUT2D eigenvalue weighted by molar-refractivity contribution is -0.122. The largest absolute Gasteiger partial charge is 0.324 e. The van der Waals surface area contributed by atoms with Crippen molar-refractivity contribution in [1.82, 2.24) is 24.9 Å². The Morgan fingerprint density at radius 1 is 1.21 bits per heavy atom. The number of nitrogens with one attached hydrogen (secondary N) is 1. The Morgan fingerprint density at radius 2 is 2.04 bits per heavy atom. The average molecular weight is 325 g/mol. The zero-order valence-corrected chi connectivity index (χ0v) is 13.5. The highest BCUT2D eigenvalue weighted by Gasteiger charge is 2.41. The molecule has 3 heterocycles. The molecule has 0 bridgehead atoms. The van der Waals surface area contributed by atoms with E-state index in [1.165, 1.54) is 5.56 Å². The van der Waals surface area contributed by atoms with Crippen molar-refractivity contribution in [1.29, 1.82) is 0 Å². The fourth-order valence-corrected chi connectivity index (χ4v) is 3.50. The molecule has 0 saturated carbocycles. The first-order valence-electron chi connectivity index (χ1n) is 8.03. The van der Waals surface area contributed by atoms with Gasteiger partial charge in [-0.25, -0.2) is 4.79 Å². The third-order valence-corrected chi connectivity index (χ3v) is 4.77. The summed E-state index contributed by atoms with van der Waals surface area (Å²) >= 11 is 0. The van der Waals surface area contributed by atoms with Crippen LogP contribution in [0.15, 0.2) is 36.5 Å². The van der Waals surface area contributed by atoms with Crippen LogP contribution in [0.25, 0.3) is 11.3 Å². The van der Waals surface area contributed by atoms with Gasteiger partial charge in [0.1, 0.15) is 6.04 Å². The Kier molecular flexibility index (Phi) is 3.57. The van der Waals surface area contributed by atoms with Gasteiger partial charge in [-0.2, -0.15) is 5.10 Å². The molecule has 0 spiro atoms. The van der Waals surface area contributed by atoms with E-state index in [9.17, 15) is 9.59 Å². The van der Waals surface area contributed by atoms with E-state index in [1.54, 1.807) is 11.1 Å². The monoisotopic (exact) mass is 325 g/mol. The fraction of sp³-hybridized carbons (Fsp3) is 0.353. The number of carbonyl (C=O) groups is 2. The van der Waals surface area contributed by atoms with Crippen molar-refractivity contribution in [3.8, 4) is 11.3 Å². The van der Waals surface area contributed by atoms with Crippen LogP contribution in [0.5, 0.6) is 0 Å². The van der Waals surface area contributed by atoms with Gasteiger partial charge in [-0.05, 0) is 11.6 Å². The van der Waals surface area contributed by atoms with Crippen molar-refractivity contribution in [2.75, 3.05) is 19.6 Å². The smallest absolute Gasteiger partial charge is 0.310 e. The van der Waals surface area contributed by atoms with E-state index in [0.717, 1.165) is 24.3 Å². The summed E-state index contributed by atoms with van der Waals surface area (Å²) in [5, 5.41) is 6.64. The predicted molar refractivity (Wildman–Crippen MR) is 88.0 cm³/mol. The number of aryl methyl sites for hydroxylation is 1. The first-order valence-corrected chi connectivity index (χ1v) is 8.03. The molecule has 2 aromatic rings. The van der Waals surface area contributed by atoms with E-state index < -0.39 is 0 Å². The first kappa shape index (κ1) is 14.9. The molecule has 2 aliphatic rings. The number of fused-ring (bicyclic) bond motifs is 1. The average Bonchev–Trinajstić information content (AvgIpc) is 3.12. The summed E-state index contributed by atoms with van der Waals surface area (Å²) in [6.45, 7) is 2.65. The minimum atomic E-state index is -0.366. The van der Waals surface area contributed by atoms with E-state index >= 15 is 0 Å². The van der Waals surface area contributed by atoms with Crippen LogP contribution in [-0.4, -0.2) is 57.2 Å². The minimum Gasteiger partial charge on any atom is -0.310 e. The number of benzene rings is 1. The molecule has 1 N–H and O–H groups in total. The second-order valence-electron chi connectivity index (χ2n) is 6.24. The molecule has 2 aliphatic heterocycles. The molecule has 2 saturated heterocycles. The van der Waals surface area contributed by atoms with Crippen molar-refractivity contribution in [2.45, 2.75) is 12.6 Å². The Labute approximate surface area is 139 Å². The number of hydrogen-bond acceptors (Lipinski definition) is 4. The molecule has 1 atom stereocenters. The first-order chi connectivity index (χ1) is 11.6. The standard InChI is InChI=1S/C17H19N5O2/c1-20-14(6-7-18-20)13-5-3-2-4-12(13)10-21-8-9-22-15(11-21)16(23)19-17(22)24/h2-7,15H,8-11H2,1H3,(H,19,23,24)/t15-/m1/s1. The van der Waals surface area contributed by atoms with Crippen molar-refractivity contribution in [3.63, 3.8) is 0 Å². The summed E-state index contributed by atoms with van der Waals surface area (Å²) < 4.78 is 1.86. The second-order valence-corrected chi connectivity index (χ2v) is 6.24. The number of piperazine rings is 1. The molecule has 1 aromatic heterocycles. The number of rotatable bonds is 3. The SMILES string of the molecule is Cn1nccc1-c1ccccc1CN1CCN2C(=O)NC(=O)[C@H]2C1. The summed E-state index contributed by atoms with van der Waals surface area (Å²) in [6, 6.07) is 9.61. The van der Waals surface area contributed by atoms with Crippen molar-refractivity contribution < 1.29 is 9.59 Å². The quantitative estimate of drug-likeness (QED) is 0.849. The Morgan fingerprint density at radius 3 is 2.83 bits per heavy atom. The van der Waals surface area contributed by atoms with Crippen molar-refractivity contribution in [3.05, 3.63) is 42.1 Å². The van der Waals surface area contributed by atoms with Crippen LogP contribution in [0.2, 0.25) is 0 Å². The third kappa shape index (κ3) is 2.46. The molecule has 7 heteroatoms. The minimum absolute atomic E-state index is 0.190. The Balaban J connectivity index is 1.56. The molecular weight excluding hydrogens is 306 g/mol. The summed E-state index contributed by atoms with van der Waals surface area (Å²) in [6.07, 6.45) is 1.79. The van der Waals surface area contributed by atoms with Gasteiger partial charge in [-0.1, -0.05) is 24.3 Å². The predicted octanol–water partition coefficient (Wildman–Crippen LogP) is 0.823. The topological polar surface area (TPSA) is 70.5 Å². The number of nitrogens with zero attached hydrogens (tertiary/aromatic N) is 4. The van der Waals surface area contributed by atoms with Gasteiger partial charge >= 0.3 is 6.03 Å². The van der Waals surface area contributed by atoms with E-state index in [-0.39, 0.29) is 18.0 Å². The lowest BCUT2D eigenvalue weighted by atomic mass is 10.0. The molecule has 4 rings (SSSR count). The highest BCUT2D eigenvalue weighted by atomic mass is 16.2. The van der Waals surface area contributed by atoms with Crippen LogP contribution in [0.1, 0.15) is 5.56 Å². The Bertz CT molecular complexity index is 800. The summed E-state index contributed by atoms with van der Waals surface area (Å²) in [7, 11) is 1.93. The zero-order valence-electron chi connectivity index (χ0n) is 13.5. The number of imide groups is 1. The highest BCUT2D eigenvalue weighted by Crippen LogP contribution is 2.25. The van der Waals surface area contributed by atoms with Gasteiger partial charge in [0.05, 0.1) is 5.69 Å². The lowest BCUT2D eigenvalue weighted by Crippen LogP contribution is -2.52. The zero-order chi connectivity index (χ0) is 16.7. The summed E-state index contributed by atoms with van der Waals surface area (Å²) in [4.78, 5) is 27.5. The van der Waals surface area contributed by atoms with Gasteiger partial charge in [-0.3, -0.25) is 19.7 Å². The maximum absolute atomic E-state index is 11.9. The van der Waals surface area contributed by atoms with E-state index in [2.05, 4.69) is 27.4 Å². The van der Waals surface area contributed by atoms with Gasteiger partial charge < -0.3 is 4.90 Å². The van der Waals surface area contributed by atoms with E-state index in [0.29, 0.717) is 13.1 Å². The molecule has 0 unspecified atom stereocenters. The molecule has 3 amide bonds. The van der Waals surface area contributed by atoms with Crippen LogP contribution >= 0.6 is 0 Å². The van der Waals surface area contributed by atoms with E-state index in [4.69, 9.17) is 0 Å². The molecule has 124 valence electrons. The van der Waals surface area contributed by atoms with Gasteiger partial charge in [-0.15, -0.1) is 0 Å². The van der Waals surface area contributed by atoms with Gasteiger partial charge in [0.15, 0.2) is 0 Å². The van der Waals surface area contributed by atoms with Gasteiger partial charge in [0.25, 0.3) is 5.91 Å². The van der Waals surface area contributed by atoms with Gasteiger partial charge in [0.2, 0.25) is 0 Å². The van der Waals surface area contributed by atoms with Crippen LogP contribution in [0, 0.1) is 0 Å². The third-order valence-electron chi connectivity index (χ3n) is 4.77. The summed E-state index contributed by atoms with van der Waals surface area (Å²) in [5.74, 6) is -0.190. The molecular formula is C17H19N5O2. The van der Waals surface area contributed by atoms with Gasteiger partial charge in [0, 0.05) is 45.0 Å². The van der Waals surface area contributed by atoms with Crippen LogP contribution in [-0.2, 0) is 18.4 Å². The lowest BCUT2D eigenvalue weighted by Gasteiger charge is -2.35. The molecule has 7 nitrogen and oxygen atoms in total. The number of amides is 3. The highest BCUT2D eigenvalue weighted by molar-refractivity contribution is 6.04. The van der Waals surface area contributed by atoms with Crippen molar-refractivity contribution in [2.24, 2.45) is 7.05 Å². The number of urea groups is 1. The number of hydrogen-bond donors (Lipinski definition) is 1. The normalized spacial score (nSPS) is 21.0. The number of aromatic nitrogens is 2. The van der Waals surface area contributed by atoms with Crippen LogP contribution < -0.4 is 5.32 Å². The Hall–Kier alpha value is -2.67. The second kappa shape index (κ2) is 5.76. The maximum Gasteiger partial charge on any atom is 0.324 e. The molecule has 1 aromatic carbocycles. The number of carbonyl (C=O) groups excluding carboxylic acids is 2. The molecule has 0 radical (unpaired) electrons. The molecule has 24 heavy (non-hydrogen) atoms. The maximum atomic E-state index is 11.9. The van der Waals surface area contributed by atoms with Crippen LogP contribution in [0.4, 0.5) is 4.79 Å². The van der Waals surface area contributed by atoms with Crippen LogP contribution in [0.3, 0.4) is 0 Å². The van der Waals surface area contributed by atoms with Crippen molar-refractivity contribution >= 4 is 11.9 Å². The van der Waals surface area contributed by atoms with E-state index in [1.807, 2.05) is 29.9 Å².